The summed E-state index contributed by atoms with van der Waals surface area (Å²) in [5.41, 5.74) is 0.894. The summed E-state index contributed by atoms with van der Waals surface area (Å²) in [7, 11) is 0. The molecule has 2 heterocycles. The normalized spacial score (nSPS) is 12.2. The van der Waals surface area contributed by atoms with Gasteiger partial charge in [-0.15, -0.1) is 0 Å². The van der Waals surface area contributed by atoms with E-state index in [4.69, 9.17) is 9.47 Å². The molecule has 1 aromatic carbocycles. The van der Waals surface area contributed by atoms with Crippen LogP contribution in [-0.4, -0.2) is 12.7 Å². The fourth-order valence-electron chi connectivity index (χ4n) is 2.00. The molecule has 21 heavy (non-hydrogen) atoms. The number of halogens is 1. The van der Waals surface area contributed by atoms with Crippen molar-refractivity contribution in [1.82, 2.24) is 5.32 Å². The van der Waals surface area contributed by atoms with E-state index in [1.807, 2.05) is 6.07 Å². The predicted molar refractivity (Wildman–Crippen MR) is 76.8 cm³/mol. The Kier molecular flexibility index (Phi) is 3.66. The van der Waals surface area contributed by atoms with E-state index in [0.717, 1.165) is 10.0 Å². The van der Waals surface area contributed by atoms with Crippen LogP contribution in [0.5, 0.6) is 11.5 Å². The molecule has 0 saturated carbocycles. The molecule has 2 aromatic rings. The zero-order valence-electron chi connectivity index (χ0n) is 10.8. The number of pyridine rings is 1. The number of hydrogen-bond acceptors (Lipinski definition) is 4. The van der Waals surface area contributed by atoms with Gasteiger partial charge in [-0.05, 0) is 39.7 Å². The summed E-state index contributed by atoms with van der Waals surface area (Å²) in [6.07, 6.45) is 1.28. The first-order chi connectivity index (χ1) is 10.1. The van der Waals surface area contributed by atoms with E-state index in [0.29, 0.717) is 16.2 Å². The third-order valence-electron chi connectivity index (χ3n) is 3.00. The van der Waals surface area contributed by atoms with E-state index in [1.54, 1.807) is 18.2 Å². The highest BCUT2D eigenvalue weighted by molar-refractivity contribution is 9.10. The van der Waals surface area contributed by atoms with Crippen molar-refractivity contribution < 1.29 is 19.0 Å². The molecule has 0 fully saturated rings. The molecule has 0 bridgehead atoms. The van der Waals surface area contributed by atoms with Crippen molar-refractivity contribution in [1.29, 1.82) is 0 Å². The molecule has 0 aliphatic carbocycles. The van der Waals surface area contributed by atoms with Gasteiger partial charge < -0.3 is 20.0 Å². The minimum absolute atomic E-state index is 0.0531. The maximum atomic E-state index is 12.0. The van der Waals surface area contributed by atoms with Crippen molar-refractivity contribution in [3.05, 3.63) is 57.5 Å². The van der Waals surface area contributed by atoms with Crippen LogP contribution in [0.25, 0.3) is 0 Å². The number of rotatable bonds is 3. The Morgan fingerprint density at radius 1 is 1.38 bits per heavy atom. The van der Waals surface area contributed by atoms with Gasteiger partial charge in [0.25, 0.3) is 5.69 Å². The third-order valence-corrected chi connectivity index (χ3v) is 3.59. The number of ether oxygens (including phenoxy) is 2. The Balaban J connectivity index is 1.72. The molecule has 0 atom stereocenters. The number of benzene rings is 1. The number of nitrogens with one attached hydrogen (secondary N) is 1. The van der Waals surface area contributed by atoms with Crippen molar-refractivity contribution in [2.75, 3.05) is 6.79 Å². The van der Waals surface area contributed by atoms with Crippen LogP contribution in [0.1, 0.15) is 16.1 Å². The standard InChI is InChI=1S/C14H11BrN2O4/c15-10-5-9(6-12-13(10)21-8-20-12)7-16-14(18)11-3-1-2-4-17(11)19/h1-6H,7-8H2,(H,16,18). The van der Waals surface area contributed by atoms with Crippen LogP contribution >= 0.6 is 15.9 Å². The van der Waals surface area contributed by atoms with Crippen LogP contribution in [0.15, 0.2) is 41.0 Å². The van der Waals surface area contributed by atoms with Gasteiger partial charge in [-0.2, -0.15) is 4.73 Å². The summed E-state index contributed by atoms with van der Waals surface area (Å²) < 4.78 is 11.9. The lowest BCUT2D eigenvalue weighted by Gasteiger charge is -2.07. The zero-order valence-corrected chi connectivity index (χ0v) is 12.4. The molecule has 0 radical (unpaired) electrons. The molecular weight excluding hydrogens is 340 g/mol. The number of carbonyl (C=O) groups excluding carboxylic acids is 1. The van der Waals surface area contributed by atoms with Crippen molar-refractivity contribution in [3.8, 4) is 11.5 Å². The monoisotopic (exact) mass is 350 g/mol. The number of amides is 1. The zero-order chi connectivity index (χ0) is 14.8. The smallest absolute Gasteiger partial charge is 0.317 e. The molecule has 1 aromatic heterocycles. The van der Waals surface area contributed by atoms with Gasteiger partial charge in [0.05, 0.1) is 4.47 Å². The average Bonchev–Trinajstić information content (AvgIpc) is 2.94. The molecule has 3 rings (SSSR count). The Hall–Kier alpha value is -2.28. The van der Waals surface area contributed by atoms with Crippen LogP contribution in [-0.2, 0) is 6.54 Å². The number of fused-ring (bicyclic) bond motifs is 1. The maximum absolute atomic E-state index is 12.0. The lowest BCUT2D eigenvalue weighted by atomic mass is 10.2. The first kappa shape index (κ1) is 13.7. The van der Waals surface area contributed by atoms with E-state index < -0.39 is 5.91 Å². The second-order valence-corrected chi connectivity index (χ2v) is 5.26. The number of hydrogen-bond donors (Lipinski definition) is 1. The molecule has 0 unspecified atom stereocenters. The molecule has 0 saturated heterocycles. The summed E-state index contributed by atoms with van der Waals surface area (Å²) in [6, 6.07) is 8.31. The van der Waals surface area contributed by atoms with Gasteiger partial charge in [-0.1, -0.05) is 0 Å². The van der Waals surface area contributed by atoms with Crippen molar-refractivity contribution in [3.63, 3.8) is 0 Å². The Morgan fingerprint density at radius 3 is 3.05 bits per heavy atom. The van der Waals surface area contributed by atoms with Gasteiger partial charge in [0.1, 0.15) is 0 Å². The van der Waals surface area contributed by atoms with Gasteiger partial charge >= 0.3 is 5.91 Å². The highest BCUT2D eigenvalue weighted by Gasteiger charge is 2.19. The highest BCUT2D eigenvalue weighted by Crippen LogP contribution is 2.39. The Morgan fingerprint density at radius 2 is 2.24 bits per heavy atom. The quantitative estimate of drug-likeness (QED) is 0.675. The predicted octanol–water partition coefficient (Wildman–Crippen LogP) is 1.74. The molecule has 7 heteroatoms. The van der Waals surface area contributed by atoms with Crippen molar-refractivity contribution in [2.24, 2.45) is 0 Å². The van der Waals surface area contributed by atoms with Crippen LogP contribution in [0.4, 0.5) is 0 Å². The van der Waals surface area contributed by atoms with Gasteiger partial charge in [-0.25, -0.2) is 0 Å². The van der Waals surface area contributed by atoms with Gasteiger partial charge in [-0.3, -0.25) is 4.79 Å². The van der Waals surface area contributed by atoms with Gasteiger partial charge in [0.15, 0.2) is 17.7 Å². The van der Waals surface area contributed by atoms with Gasteiger partial charge in [0.2, 0.25) is 6.79 Å². The summed E-state index contributed by atoms with van der Waals surface area (Å²) in [5.74, 6) is 0.858. The lowest BCUT2D eigenvalue weighted by Crippen LogP contribution is -2.38. The van der Waals surface area contributed by atoms with Crippen LogP contribution < -0.4 is 19.5 Å². The lowest BCUT2D eigenvalue weighted by molar-refractivity contribution is -0.607. The van der Waals surface area contributed by atoms with Crippen LogP contribution in [0.2, 0.25) is 0 Å². The SMILES string of the molecule is O=C(NCc1cc(Br)c2c(c1)OCO2)c1cccc[n+]1[O-]. The van der Waals surface area contributed by atoms with Gasteiger partial charge in [0, 0.05) is 18.7 Å². The Labute approximate surface area is 129 Å². The fourth-order valence-corrected chi connectivity index (χ4v) is 2.60. The molecule has 1 aliphatic rings. The highest BCUT2D eigenvalue weighted by atomic mass is 79.9. The minimum Gasteiger partial charge on any atom is -0.618 e. The largest absolute Gasteiger partial charge is 0.618 e. The van der Waals surface area contributed by atoms with Crippen LogP contribution in [0.3, 0.4) is 0 Å². The first-order valence-corrected chi connectivity index (χ1v) is 6.99. The summed E-state index contributed by atoms with van der Waals surface area (Å²) in [6.45, 7) is 0.465. The van der Waals surface area contributed by atoms with E-state index in [9.17, 15) is 10.0 Å². The van der Waals surface area contributed by atoms with E-state index >= 15 is 0 Å². The summed E-state index contributed by atoms with van der Waals surface area (Å²) >= 11 is 3.39. The molecule has 6 nitrogen and oxygen atoms in total. The molecule has 108 valence electrons. The second kappa shape index (κ2) is 5.61. The average molecular weight is 351 g/mol. The van der Waals surface area contributed by atoms with E-state index in [1.165, 1.54) is 12.3 Å². The van der Waals surface area contributed by atoms with E-state index in [2.05, 4.69) is 21.2 Å². The fraction of sp³-hybridized carbons (Fsp3) is 0.143. The molecule has 1 N–H and O–H groups in total. The van der Waals surface area contributed by atoms with E-state index in [-0.39, 0.29) is 19.0 Å². The second-order valence-electron chi connectivity index (χ2n) is 4.41. The third kappa shape index (κ3) is 2.78. The van der Waals surface area contributed by atoms with Crippen LogP contribution in [0, 0.1) is 5.21 Å². The van der Waals surface area contributed by atoms with Crippen molar-refractivity contribution in [2.45, 2.75) is 6.54 Å². The topological polar surface area (TPSA) is 74.5 Å². The summed E-state index contributed by atoms with van der Waals surface area (Å²) in [4.78, 5) is 12.0. The molecule has 0 spiro atoms. The minimum atomic E-state index is -0.431. The number of carbonyl (C=O) groups is 1. The number of aromatic nitrogens is 1. The maximum Gasteiger partial charge on any atom is 0.317 e. The first-order valence-electron chi connectivity index (χ1n) is 6.19. The molecular formula is C14H11BrN2O4. The Bertz CT molecular complexity index is 705. The number of nitrogens with zero attached hydrogens (tertiary/aromatic N) is 1. The van der Waals surface area contributed by atoms with Crippen molar-refractivity contribution >= 4 is 21.8 Å². The molecule has 1 amide bonds. The summed E-state index contributed by atoms with van der Waals surface area (Å²) in [5, 5.41) is 14.2. The molecule has 1 aliphatic heterocycles.